The molecule has 3 N–H and O–H groups in total. The van der Waals surface area contributed by atoms with Gasteiger partial charge in [-0.15, -0.1) is 11.3 Å². The number of rotatable bonds is 6. The average Bonchev–Trinajstić information content (AvgIpc) is 2.88. The zero-order valence-corrected chi connectivity index (χ0v) is 17.6. The smallest absolute Gasteiger partial charge is 0.247 e. The maximum Gasteiger partial charge on any atom is 0.247 e. The predicted octanol–water partition coefficient (Wildman–Crippen LogP) is 4.68. The van der Waals surface area contributed by atoms with Gasteiger partial charge in [-0.25, -0.2) is 0 Å². The van der Waals surface area contributed by atoms with E-state index in [1.165, 1.54) is 22.6 Å². The van der Waals surface area contributed by atoms with Gasteiger partial charge in [-0.2, -0.15) is 5.26 Å². The fourth-order valence-corrected chi connectivity index (χ4v) is 4.63. The van der Waals surface area contributed by atoms with Crippen molar-refractivity contribution in [2.45, 2.75) is 58.4 Å². The van der Waals surface area contributed by atoms with Crippen LogP contribution in [0.2, 0.25) is 0 Å². The van der Waals surface area contributed by atoms with Crippen LogP contribution in [0.1, 0.15) is 55.5 Å². The van der Waals surface area contributed by atoms with E-state index in [9.17, 15) is 14.9 Å². The van der Waals surface area contributed by atoms with Gasteiger partial charge in [-0.05, 0) is 62.4 Å². The highest BCUT2D eigenvalue weighted by Crippen LogP contribution is 2.37. The summed E-state index contributed by atoms with van der Waals surface area (Å²) in [5.41, 5.74) is 3.25. The Hall–Kier alpha value is -2.85. The summed E-state index contributed by atoms with van der Waals surface area (Å²) in [5, 5.41) is 19.2. The molecule has 0 fully saturated rings. The third kappa shape index (κ3) is 5.15. The average molecular weight is 411 g/mol. The van der Waals surface area contributed by atoms with Crippen molar-refractivity contribution in [3.05, 3.63) is 40.3 Å². The molecule has 152 valence electrons. The van der Waals surface area contributed by atoms with E-state index in [0.717, 1.165) is 42.6 Å². The standard InChI is InChI=1S/C22H26N4O2S/c1-3-20(27)25-16-11-9-15(10-12-16)24-14(2)21(28)26-22-18(13-23)17-7-5-4-6-8-19(17)29-22/h9-12,14,24H,3-8H2,1-2H3,(H,25,27)(H,26,28). The molecule has 1 aromatic heterocycles. The highest BCUT2D eigenvalue weighted by Gasteiger charge is 2.22. The molecule has 1 aliphatic rings. The van der Waals surface area contributed by atoms with Crippen LogP contribution in [0.25, 0.3) is 0 Å². The lowest BCUT2D eigenvalue weighted by molar-refractivity contribution is -0.117. The number of hydrogen-bond acceptors (Lipinski definition) is 5. The zero-order chi connectivity index (χ0) is 20.8. The van der Waals surface area contributed by atoms with Gasteiger partial charge < -0.3 is 16.0 Å². The number of amides is 2. The van der Waals surface area contributed by atoms with Gasteiger partial charge >= 0.3 is 0 Å². The van der Waals surface area contributed by atoms with Gasteiger partial charge in [0.15, 0.2) is 0 Å². The number of benzene rings is 1. The summed E-state index contributed by atoms with van der Waals surface area (Å²) in [4.78, 5) is 25.4. The summed E-state index contributed by atoms with van der Waals surface area (Å²) in [6.07, 6.45) is 5.75. The summed E-state index contributed by atoms with van der Waals surface area (Å²) < 4.78 is 0. The van der Waals surface area contributed by atoms with E-state index < -0.39 is 6.04 Å². The number of nitriles is 1. The van der Waals surface area contributed by atoms with E-state index in [1.54, 1.807) is 26.0 Å². The molecular weight excluding hydrogens is 384 g/mol. The van der Waals surface area contributed by atoms with Crippen LogP contribution in [0, 0.1) is 11.3 Å². The van der Waals surface area contributed by atoms with Crippen LogP contribution in [0.15, 0.2) is 24.3 Å². The van der Waals surface area contributed by atoms with Gasteiger partial charge in [-0.1, -0.05) is 13.3 Å². The first-order valence-corrected chi connectivity index (χ1v) is 10.9. The van der Waals surface area contributed by atoms with Crippen LogP contribution in [-0.2, 0) is 22.4 Å². The molecule has 2 amide bonds. The number of nitrogens with zero attached hydrogens (tertiary/aromatic N) is 1. The minimum absolute atomic E-state index is 0.0406. The third-order valence-electron chi connectivity index (χ3n) is 5.04. The summed E-state index contributed by atoms with van der Waals surface area (Å²) in [5.74, 6) is -0.220. The fourth-order valence-electron chi connectivity index (χ4n) is 3.38. The quantitative estimate of drug-likeness (QED) is 0.603. The Morgan fingerprint density at radius 2 is 1.79 bits per heavy atom. The van der Waals surface area contributed by atoms with Gasteiger partial charge in [0.1, 0.15) is 17.1 Å². The molecule has 1 unspecified atom stereocenters. The Labute approximate surface area is 175 Å². The first-order chi connectivity index (χ1) is 14.0. The maximum absolute atomic E-state index is 12.7. The molecule has 2 aromatic rings. The van der Waals surface area contributed by atoms with Crippen LogP contribution in [-0.4, -0.2) is 17.9 Å². The van der Waals surface area contributed by atoms with Crippen molar-refractivity contribution < 1.29 is 9.59 Å². The largest absolute Gasteiger partial charge is 0.374 e. The molecule has 0 bridgehead atoms. The van der Waals surface area contributed by atoms with Crippen molar-refractivity contribution in [1.29, 1.82) is 5.26 Å². The minimum atomic E-state index is -0.473. The maximum atomic E-state index is 12.7. The minimum Gasteiger partial charge on any atom is -0.374 e. The molecule has 0 saturated heterocycles. The van der Waals surface area contributed by atoms with E-state index in [2.05, 4.69) is 22.0 Å². The molecule has 0 saturated carbocycles. The number of carbonyl (C=O) groups is 2. The first-order valence-electron chi connectivity index (χ1n) is 10.0. The molecular formula is C22H26N4O2S. The molecule has 1 atom stereocenters. The van der Waals surface area contributed by atoms with Crippen LogP contribution in [0.3, 0.4) is 0 Å². The number of carbonyl (C=O) groups excluding carboxylic acids is 2. The monoisotopic (exact) mass is 410 g/mol. The van der Waals surface area contributed by atoms with Crippen LogP contribution in [0.5, 0.6) is 0 Å². The third-order valence-corrected chi connectivity index (χ3v) is 6.24. The van der Waals surface area contributed by atoms with E-state index in [0.29, 0.717) is 17.0 Å². The summed E-state index contributed by atoms with van der Waals surface area (Å²) in [6.45, 7) is 3.58. The Morgan fingerprint density at radius 3 is 2.48 bits per heavy atom. The van der Waals surface area contributed by atoms with Crippen molar-refractivity contribution >= 4 is 39.5 Å². The normalized spacial score (nSPS) is 14.1. The Morgan fingerprint density at radius 1 is 1.10 bits per heavy atom. The molecule has 6 nitrogen and oxygen atoms in total. The van der Waals surface area contributed by atoms with E-state index in [-0.39, 0.29) is 11.8 Å². The molecule has 1 aliphatic carbocycles. The molecule has 29 heavy (non-hydrogen) atoms. The van der Waals surface area contributed by atoms with E-state index >= 15 is 0 Å². The Kier molecular flexibility index (Phi) is 6.89. The summed E-state index contributed by atoms with van der Waals surface area (Å²) in [6, 6.07) is 9.06. The van der Waals surface area contributed by atoms with Crippen molar-refractivity contribution in [2.24, 2.45) is 0 Å². The number of anilines is 3. The summed E-state index contributed by atoms with van der Waals surface area (Å²) in [7, 11) is 0. The van der Waals surface area contributed by atoms with Gasteiger partial charge in [-0.3, -0.25) is 9.59 Å². The molecule has 0 aliphatic heterocycles. The van der Waals surface area contributed by atoms with Gasteiger partial charge in [0, 0.05) is 22.7 Å². The lowest BCUT2D eigenvalue weighted by atomic mass is 10.1. The SMILES string of the molecule is CCC(=O)Nc1ccc(NC(C)C(=O)Nc2sc3c(c2C#N)CCCCC3)cc1. The number of hydrogen-bond donors (Lipinski definition) is 3. The summed E-state index contributed by atoms with van der Waals surface area (Å²) >= 11 is 1.54. The topological polar surface area (TPSA) is 94.0 Å². The van der Waals surface area contributed by atoms with Crippen molar-refractivity contribution in [3.63, 3.8) is 0 Å². The van der Waals surface area contributed by atoms with E-state index in [1.807, 2.05) is 12.1 Å². The van der Waals surface area contributed by atoms with Gasteiger partial charge in [0.25, 0.3) is 0 Å². The Bertz CT molecular complexity index is 928. The highest BCUT2D eigenvalue weighted by atomic mass is 32.1. The number of fused-ring (bicyclic) bond motifs is 1. The lowest BCUT2D eigenvalue weighted by Gasteiger charge is -2.15. The Balaban J connectivity index is 1.64. The van der Waals surface area contributed by atoms with Crippen molar-refractivity contribution in [3.8, 4) is 6.07 Å². The molecule has 1 aromatic carbocycles. The highest BCUT2D eigenvalue weighted by molar-refractivity contribution is 7.16. The second-order valence-electron chi connectivity index (χ2n) is 7.21. The van der Waals surface area contributed by atoms with Gasteiger partial charge in [0.2, 0.25) is 11.8 Å². The van der Waals surface area contributed by atoms with Gasteiger partial charge in [0.05, 0.1) is 5.56 Å². The van der Waals surface area contributed by atoms with Crippen LogP contribution in [0.4, 0.5) is 16.4 Å². The number of nitrogens with one attached hydrogen (secondary N) is 3. The molecule has 3 rings (SSSR count). The predicted molar refractivity (Wildman–Crippen MR) is 117 cm³/mol. The van der Waals surface area contributed by atoms with Crippen LogP contribution >= 0.6 is 11.3 Å². The molecule has 7 heteroatoms. The van der Waals surface area contributed by atoms with E-state index in [4.69, 9.17) is 0 Å². The molecule has 0 radical (unpaired) electrons. The zero-order valence-electron chi connectivity index (χ0n) is 16.8. The second kappa shape index (κ2) is 9.57. The first kappa shape index (κ1) is 20.9. The number of aryl methyl sites for hydroxylation is 1. The second-order valence-corrected chi connectivity index (χ2v) is 8.32. The molecule has 0 spiro atoms. The van der Waals surface area contributed by atoms with Crippen molar-refractivity contribution in [2.75, 3.05) is 16.0 Å². The van der Waals surface area contributed by atoms with Crippen molar-refractivity contribution in [1.82, 2.24) is 0 Å². The number of thiophene rings is 1. The molecule has 1 heterocycles. The van der Waals surface area contributed by atoms with Crippen LogP contribution < -0.4 is 16.0 Å². The fraction of sp³-hybridized carbons (Fsp3) is 0.409. The lowest BCUT2D eigenvalue weighted by Crippen LogP contribution is -2.31.